The highest BCUT2D eigenvalue weighted by molar-refractivity contribution is 5.86. The Hall–Kier alpha value is -3.48. The number of carboxylic acid groups (broad SMARTS) is 1. The molecule has 0 radical (unpaired) electrons. The Balaban J connectivity index is 1.50. The molecule has 0 aliphatic heterocycles. The minimum atomic E-state index is -1.09. The predicted octanol–water partition coefficient (Wildman–Crippen LogP) is 2.54. The average Bonchev–Trinajstić information content (AvgIpc) is 3.08. The second kappa shape index (κ2) is 8.75. The molecule has 0 saturated carbocycles. The maximum absolute atomic E-state index is 12.0. The number of carbonyl (C=O) groups is 2. The third-order valence-electron chi connectivity index (χ3n) is 4.10. The van der Waals surface area contributed by atoms with Crippen molar-refractivity contribution in [1.29, 1.82) is 0 Å². The number of aliphatic carboxylic acids is 1. The summed E-state index contributed by atoms with van der Waals surface area (Å²) in [6.07, 6.45) is 1.96. The minimum Gasteiger partial charge on any atom is -0.492 e. The van der Waals surface area contributed by atoms with E-state index in [1.54, 1.807) is 6.20 Å². The molecular formula is C20H21N3O4. The molecule has 0 unspecified atom stereocenters. The molecule has 0 spiro atoms. The van der Waals surface area contributed by atoms with Crippen molar-refractivity contribution >= 4 is 22.9 Å². The Kier molecular flexibility index (Phi) is 5.94. The van der Waals surface area contributed by atoms with Crippen LogP contribution in [0.3, 0.4) is 0 Å². The topological polar surface area (TPSA) is 103 Å². The molecule has 1 heterocycles. The van der Waals surface area contributed by atoms with E-state index in [4.69, 9.17) is 4.74 Å². The van der Waals surface area contributed by atoms with Gasteiger partial charge in [0.1, 0.15) is 18.4 Å². The maximum atomic E-state index is 12.0. The molecule has 3 aromatic rings. The summed E-state index contributed by atoms with van der Waals surface area (Å²) in [5.74, 6) is -0.376. The Bertz CT molecular complexity index is 908. The van der Waals surface area contributed by atoms with Crippen LogP contribution in [0.4, 0.5) is 4.79 Å². The molecule has 1 aromatic heterocycles. The third kappa shape index (κ3) is 5.01. The van der Waals surface area contributed by atoms with Crippen LogP contribution in [0.5, 0.6) is 5.75 Å². The first-order chi connectivity index (χ1) is 13.1. The minimum absolute atomic E-state index is 0.188. The molecule has 7 heteroatoms. The van der Waals surface area contributed by atoms with E-state index >= 15 is 0 Å². The van der Waals surface area contributed by atoms with E-state index in [0.717, 1.165) is 16.5 Å². The molecule has 3 rings (SSSR count). The van der Waals surface area contributed by atoms with Crippen molar-refractivity contribution < 1.29 is 19.4 Å². The van der Waals surface area contributed by atoms with E-state index in [2.05, 4.69) is 15.6 Å². The van der Waals surface area contributed by atoms with Crippen LogP contribution in [0.1, 0.15) is 5.56 Å². The largest absolute Gasteiger partial charge is 0.492 e. The number of aromatic amines is 1. The number of hydrogen-bond donors (Lipinski definition) is 4. The molecule has 7 nitrogen and oxygen atoms in total. The molecule has 4 N–H and O–H groups in total. The summed E-state index contributed by atoms with van der Waals surface area (Å²) in [6, 6.07) is 15.3. The van der Waals surface area contributed by atoms with E-state index in [1.807, 2.05) is 54.6 Å². The van der Waals surface area contributed by atoms with Gasteiger partial charge in [-0.25, -0.2) is 9.59 Å². The van der Waals surface area contributed by atoms with Gasteiger partial charge in [0.15, 0.2) is 0 Å². The number of ether oxygens (including phenoxy) is 1. The molecule has 0 saturated heterocycles. The zero-order valence-electron chi connectivity index (χ0n) is 14.6. The zero-order valence-corrected chi connectivity index (χ0v) is 14.6. The summed E-state index contributed by atoms with van der Waals surface area (Å²) in [5, 5.41) is 15.5. The number of H-pyrrole nitrogens is 1. The first kappa shape index (κ1) is 18.3. The summed E-state index contributed by atoms with van der Waals surface area (Å²) in [6.45, 7) is 0.553. The highest BCUT2D eigenvalue weighted by Gasteiger charge is 2.21. The van der Waals surface area contributed by atoms with Crippen molar-refractivity contribution in [2.75, 3.05) is 13.2 Å². The Morgan fingerprint density at radius 3 is 2.59 bits per heavy atom. The van der Waals surface area contributed by atoms with Crippen LogP contribution < -0.4 is 15.4 Å². The quantitative estimate of drug-likeness (QED) is 0.459. The molecule has 2 aromatic carbocycles. The van der Waals surface area contributed by atoms with Crippen LogP contribution >= 0.6 is 0 Å². The smallest absolute Gasteiger partial charge is 0.326 e. The first-order valence-corrected chi connectivity index (χ1v) is 8.63. The van der Waals surface area contributed by atoms with Gasteiger partial charge in [0.25, 0.3) is 0 Å². The van der Waals surface area contributed by atoms with Crippen LogP contribution in [0.2, 0.25) is 0 Å². The van der Waals surface area contributed by atoms with Crippen molar-refractivity contribution in [2.45, 2.75) is 12.5 Å². The number of rotatable bonds is 8. The lowest BCUT2D eigenvalue weighted by atomic mass is 10.1. The van der Waals surface area contributed by atoms with E-state index < -0.39 is 18.0 Å². The normalized spacial score (nSPS) is 11.7. The number of fused-ring (bicyclic) bond motifs is 1. The number of benzene rings is 2. The zero-order chi connectivity index (χ0) is 19.1. The van der Waals surface area contributed by atoms with Crippen molar-refractivity contribution in [2.24, 2.45) is 0 Å². The van der Waals surface area contributed by atoms with Gasteiger partial charge in [-0.1, -0.05) is 36.4 Å². The Morgan fingerprint density at radius 1 is 1.07 bits per heavy atom. The number of aromatic nitrogens is 1. The lowest BCUT2D eigenvalue weighted by Crippen LogP contribution is -2.47. The number of nitrogens with one attached hydrogen (secondary N) is 3. The van der Waals surface area contributed by atoms with Crippen molar-refractivity contribution in [3.8, 4) is 5.75 Å². The van der Waals surface area contributed by atoms with Gasteiger partial charge in [0.05, 0.1) is 6.54 Å². The van der Waals surface area contributed by atoms with Crippen LogP contribution in [0, 0.1) is 0 Å². The molecule has 0 aliphatic carbocycles. The average molecular weight is 367 g/mol. The Labute approximate surface area is 156 Å². The number of urea groups is 1. The molecule has 0 fully saturated rings. The Morgan fingerprint density at radius 2 is 1.81 bits per heavy atom. The van der Waals surface area contributed by atoms with Crippen molar-refractivity contribution in [3.05, 3.63) is 66.4 Å². The van der Waals surface area contributed by atoms with Gasteiger partial charge in [0, 0.05) is 23.5 Å². The molecule has 0 aliphatic rings. The predicted molar refractivity (Wildman–Crippen MR) is 102 cm³/mol. The second-order valence-electron chi connectivity index (χ2n) is 6.02. The van der Waals surface area contributed by atoms with Crippen molar-refractivity contribution in [1.82, 2.24) is 15.6 Å². The van der Waals surface area contributed by atoms with Gasteiger partial charge in [-0.05, 0) is 23.8 Å². The van der Waals surface area contributed by atoms with E-state index in [1.165, 1.54) is 0 Å². The summed E-state index contributed by atoms with van der Waals surface area (Å²) in [7, 11) is 0. The monoisotopic (exact) mass is 367 g/mol. The fraction of sp³-hybridized carbons (Fsp3) is 0.200. The molecule has 1 atom stereocenters. The summed E-state index contributed by atoms with van der Waals surface area (Å²) in [5.41, 5.74) is 1.77. The van der Waals surface area contributed by atoms with Crippen LogP contribution in [0.15, 0.2) is 60.8 Å². The number of amides is 2. The van der Waals surface area contributed by atoms with E-state index in [-0.39, 0.29) is 19.6 Å². The van der Waals surface area contributed by atoms with Gasteiger partial charge in [-0.2, -0.15) is 0 Å². The lowest BCUT2D eigenvalue weighted by molar-refractivity contribution is -0.139. The molecular weight excluding hydrogens is 346 g/mol. The standard InChI is InChI=1S/C20H21N3O4/c24-19(25)18(12-14-13-22-17-9-5-4-8-16(14)17)23-20(26)21-10-11-27-15-6-2-1-3-7-15/h1-9,13,18,22H,10-12H2,(H,24,25)(H2,21,23,26)/t18-/m1/s1. The van der Waals surface area contributed by atoms with Gasteiger partial charge >= 0.3 is 12.0 Å². The van der Waals surface area contributed by atoms with Gasteiger partial charge < -0.3 is 25.5 Å². The molecule has 2 amide bonds. The summed E-state index contributed by atoms with van der Waals surface area (Å²) in [4.78, 5) is 26.7. The van der Waals surface area contributed by atoms with Gasteiger partial charge in [0.2, 0.25) is 0 Å². The highest BCUT2D eigenvalue weighted by Crippen LogP contribution is 2.19. The summed E-state index contributed by atoms with van der Waals surface area (Å²) < 4.78 is 5.48. The number of carbonyl (C=O) groups excluding carboxylic acids is 1. The van der Waals surface area contributed by atoms with E-state index in [9.17, 15) is 14.7 Å². The molecule has 27 heavy (non-hydrogen) atoms. The van der Waals surface area contributed by atoms with Gasteiger partial charge in [-0.3, -0.25) is 0 Å². The molecule has 0 bridgehead atoms. The number of para-hydroxylation sites is 2. The SMILES string of the molecule is O=C(NCCOc1ccccc1)N[C@H](Cc1c[nH]c2ccccc12)C(=O)O. The number of hydrogen-bond acceptors (Lipinski definition) is 3. The fourth-order valence-electron chi connectivity index (χ4n) is 2.78. The van der Waals surface area contributed by atoms with Crippen LogP contribution in [-0.4, -0.2) is 41.3 Å². The van der Waals surface area contributed by atoms with Gasteiger partial charge in [-0.15, -0.1) is 0 Å². The fourth-order valence-corrected chi connectivity index (χ4v) is 2.78. The number of carboxylic acids is 1. The second-order valence-corrected chi connectivity index (χ2v) is 6.02. The third-order valence-corrected chi connectivity index (χ3v) is 4.10. The summed E-state index contributed by atoms with van der Waals surface area (Å²) >= 11 is 0. The molecule has 140 valence electrons. The lowest BCUT2D eigenvalue weighted by Gasteiger charge is -2.15. The van der Waals surface area contributed by atoms with Crippen LogP contribution in [-0.2, 0) is 11.2 Å². The highest BCUT2D eigenvalue weighted by atomic mass is 16.5. The first-order valence-electron chi connectivity index (χ1n) is 8.63. The van der Waals surface area contributed by atoms with E-state index in [0.29, 0.717) is 5.75 Å². The maximum Gasteiger partial charge on any atom is 0.326 e. The van der Waals surface area contributed by atoms with Crippen molar-refractivity contribution in [3.63, 3.8) is 0 Å². The van der Waals surface area contributed by atoms with Crippen LogP contribution in [0.25, 0.3) is 10.9 Å².